The first-order chi connectivity index (χ1) is 9.16. The van der Waals surface area contributed by atoms with E-state index in [9.17, 15) is 5.11 Å². The maximum Gasteiger partial charge on any atom is 0.100 e. The maximum atomic E-state index is 10.6. The van der Waals surface area contributed by atoms with E-state index in [-0.39, 0.29) is 5.92 Å². The Kier molecular flexibility index (Phi) is 3.33. The molecule has 1 N–H and O–H groups in total. The van der Waals surface area contributed by atoms with Gasteiger partial charge in [-0.15, -0.1) is 0 Å². The number of rotatable bonds is 2. The van der Waals surface area contributed by atoms with E-state index in [1.165, 1.54) is 11.1 Å². The first-order valence-corrected chi connectivity index (χ1v) is 6.97. The van der Waals surface area contributed by atoms with E-state index < -0.39 is 6.10 Å². The summed E-state index contributed by atoms with van der Waals surface area (Å²) in [7, 11) is 1.82. The Morgan fingerprint density at radius 2 is 2.11 bits per heavy atom. The van der Waals surface area contributed by atoms with Gasteiger partial charge in [0.2, 0.25) is 0 Å². The van der Waals surface area contributed by atoms with Crippen molar-refractivity contribution in [2.45, 2.75) is 25.4 Å². The van der Waals surface area contributed by atoms with Crippen molar-refractivity contribution < 1.29 is 5.11 Å². The zero-order valence-corrected chi connectivity index (χ0v) is 11.6. The third kappa shape index (κ3) is 2.28. The molecule has 0 saturated heterocycles. The Bertz CT molecular complexity index is 574. The van der Waals surface area contributed by atoms with E-state index in [1.54, 1.807) is 10.9 Å². The Morgan fingerprint density at radius 3 is 2.79 bits per heavy atom. The summed E-state index contributed by atoms with van der Waals surface area (Å²) < 4.78 is 1.67. The minimum Gasteiger partial charge on any atom is -0.386 e. The summed E-state index contributed by atoms with van der Waals surface area (Å²) in [6.07, 6.45) is 3.95. The van der Waals surface area contributed by atoms with Crippen LogP contribution in [0.2, 0.25) is 5.02 Å². The van der Waals surface area contributed by atoms with Crippen LogP contribution >= 0.6 is 11.6 Å². The molecule has 3 rings (SSSR count). The molecule has 1 aromatic heterocycles. The van der Waals surface area contributed by atoms with Crippen molar-refractivity contribution in [3.63, 3.8) is 0 Å². The molecule has 100 valence electrons. The third-order valence-electron chi connectivity index (χ3n) is 4.05. The van der Waals surface area contributed by atoms with Gasteiger partial charge in [-0.1, -0.05) is 35.9 Å². The normalized spacial score (nSPS) is 20.1. The van der Waals surface area contributed by atoms with Gasteiger partial charge in [-0.3, -0.25) is 4.68 Å². The van der Waals surface area contributed by atoms with Gasteiger partial charge >= 0.3 is 0 Å². The number of aryl methyl sites for hydroxylation is 2. The number of aliphatic hydroxyl groups is 1. The van der Waals surface area contributed by atoms with Crippen molar-refractivity contribution in [1.82, 2.24) is 9.78 Å². The van der Waals surface area contributed by atoms with Crippen molar-refractivity contribution in [1.29, 1.82) is 0 Å². The fourth-order valence-electron chi connectivity index (χ4n) is 2.97. The van der Waals surface area contributed by atoms with Gasteiger partial charge in [0.1, 0.15) is 6.10 Å². The Morgan fingerprint density at radius 1 is 1.37 bits per heavy atom. The van der Waals surface area contributed by atoms with Crippen molar-refractivity contribution in [2.24, 2.45) is 13.0 Å². The van der Waals surface area contributed by atoms with E-state index in [4.69, 9.17) is 11.6 Å². The van der Waals surface area contributed by atoms with Gasteiger partial charge in [-0.2, -0.15) is 5.10 Å². The number of benzene rings is 1. The van der Waals surface area contributed by atoms with Crippen molar-refractivity contribution in [2.75, 3.05) is 0 Å². The number of hydrogen-bond donors (Lipinski definition) is 1. The van der Waals surface area contributed by atoms with Gasteiger partial charge in [0, 0.05) is 7.05 Å². The lowest BCUT2D eigenvalue weighted by Crippen LogP contribution is -2.23. The first-order valence-electron chi connectivity index (χ1n) is 6.59. The molecule has 0 amide bonds. The van der Waals surface area contributed by atoms with E-state index >= 15 is 0 Å². The molecule has 2 aromatic rings. The first kappa shape index (κ1) is 12.7. The summed E-state index contributed by atoms with van der Waals surface area (Å²) in [6.45, 7) is 0. The summed E-state index contributed by atoms with van der Waals surface area (Å²) >= 11 is 6.12. The number of halogens is 1. The molecule has 0 bridgehead atoms. The fraction of sp³-hybridized carbons (Fsp3) is 0.400. The molecule has 3 nitrogen and oxygen atoms in total. The average molecular weight is 277 g/mol. The lowest BCUT2D eigenvalue weighted by molar-refractivity contribution is 0.0918. The smallest absolute Gasteiger partial charge is 0.100 e. The largest absolute Gasteiger partial charge is 0.386 e. The number of hydrogen-bond acceptors (Lipinski definition) is 2. The van der Waals surface area contributed by atoms with E-state index in [2.05, 4.69) is 29.4 Å². The minimum absolute atomic E-state index is 0.211. The highest BCUT2D eigenvalue weighted by molar-refractivity contribution is 6.31. The number of aromatic nitrogens is 2. The van der Waals surface area contributed by atoms with Crippen LogP contribution in [0.1, 0.15) is 29.3 Å². The average Bonchev–Trinajstić information content (AvgIpc) is 2.77. The molecule has 1 heterocycles. The number of aliphatic hydroxyl groups excluding tert-OH is 1. The van der Waals surface area contributed by atoms with Crippen molar-refractivity contribution >= 4 is 11.6 Å². The van der Waals surface area contributed by atoms with Crippen LogP contribution in [0.5, 0.6) is 0 Å². The number of fused-ring (bicyclic) bond motifs is 1. The molecule has 1 aromatic carbocycles. The molecule has 1 aliphatic carbocycles. The van der Waals surface area contributed by atoms with Crippen LogP contribution in [0.15, 0.2) is 30.5 Å². The van der Waals surface area contributed by atoms with Gasteiger partial charge in [0.05, 0.1) is 16.9 Å². The van der Waals surface area contributed by atoms with Gasteiger partial charge in [0.25, 0.3) is 0 Å². The highest BCUT2D eigenvalue weighted by Gasteiger charge is 2.29. The lowest BCUT2D eigenvalue weighted by Gasteiger charge is -2.28. The summed E-state index contributed by atoms with van der Waals surface area (Å²) in [6, 6.07) is 8.46. The topological polar surface area (TPSA) is 38.0 Å². The minimum atomic E-state index is -0.548. The molecule has 0 radical (unpaired) electrons. The Hall–Kier alpha value is -1.32. The summed E-state index contributed by atoms with van der Waals surface area (Å²) in [5.41, 5.74) is 3.48. The Balaban J connectivity index is 1.85. The van der Waals surface area contributed by atoms with Crippen molar-refractivity contribution in [3.05, 3.63) is 52.3 Å². The molecule has 4 heteroatoms. The quantitative estimate of drug-likeness (QED) is 0.916. The van der Waals surface area contributed by atoms with Crippen LogP contribution in [0.4, 0.5) is 0 Å². The van der Waals surface area contributed by atoms with Crippen LogP contribution in [0, 0.1) is 5.92 Å². The second kappa shape index (κ2) is 4.99. The van der Waals surface area contributed by atoms with Crippen LogP contribution in [-0.2, 0) is 19.9 Å². The molecule has 0 spiro atoms. The molecule has 2 unspecified atom stereocenters. The van der Waals surface area contributed by atoms with Crippen molar-refractivity contribution in [3.8, 4) is 0 Å². The van der Waals surface area contributed by atoms with Gasteiger partial charge in [-0.25, -0.2) is 0 Å². The molecule has 1 aliphatic rings. The van der Waals surface area contributed by atoms with Crippen LogP contribution < -0.4 is 0 Å². The lowest BCUT2D eigenvalue weighted by atomic mass is 9.80. The van der Waals surface area contributed by atoms with Crippen LogP contribution in [0.3, 0.4) is 0 Å². The second-order valence-corrected chi connectivity index (χ2v) is 5.62. The summed E-state index contributed by atoms with van der Waals surface area (Å²) in [5, 5.41) is 15.2. The highest BCUT2D eigenvalue weighted by atomic mass is 35.5. The third-order valence-corrected chi connectivity index (χ3v) is 4.34. The van der Waals surface area contributed by atoms with Gasteiger partial charge in [-0.05, 0) is 36.3 Å². The fourth-order valence-corrected chi connectivity index (χ4v) is 3.25. The highest BCUT2D eigenvalue weighted by Crippen LogP contribution is 2.36. The second-order valence-electron chi connectivity index (χ2n) is 5.22. The molecule has 19 heavy (non-hydrogen) atoms. The van der Waals surface area contributed by atoms with E-state index in [0.717, 1.165) is 25.0 Å². The predicted molar refractivity (Wildman–Crippen MR) is 75.1 cm³/mol. The predicted octanol–water partition coefficient (Wildman–Crippen LogP) is 2.91. The molecule has 2 atom stereocenters. The van der Waals surface area contributed by atoms with E-state index in [1.807, 2.05) is 7.05 Å². The van der Waals surface area contributed by atoms with Gasteiger partial charge in [0.15, 0.2) is 0 Å². The molecule has 0 saturated carbocycles. The molecular formula is C15H17ClN2O. The zero-order chi connectivity index (χ0) is 13.4. The van der Waals surface area contributed by atoms with Gasteiger partial charge < -0.3 is 5.11 Å². The standard InChI is InChI=1S/C15H17ClN2O/c1-18-14(13(16)9-17-18)15(19)12-7-6-10-4-2-3-5-11(10)8-12/h2-5,9,12,15,19H,6-8H2,1H3. The van der Waals surface area contributed by atoms with Crippen LogP contribution in [0.25, 0.3) is 0 Å². The summed E-state index contributed by atoms with van der Waals surface area (Å²) in [5.74, 6) is 0.211. The number of nitrogens with zero attached hydrogens (tertiary/aromatic N) is 2. The van der Waals surface area contributed by atoms with E-state index in [0.29, 0.717) is 5.02 Å². The maximum absolute atomic E-state index is 10.6. The molecule has 0 fully saturated rings. The Labute approximate surface area is 117 Å². The SMILES string of the molecule is Cn1ncc(Cl)c1C(O)C1CCc2ccccc2C1. The molecular weight excluding hydrogens is 260 g/mol. The zero-order valence-electron chi connectivity index (χ0n) is 10.9. The summed E-state index contributed by atoms with van der Waals surface area (Å²) in [4.78, 5) is 0. The van der Waals surface area contributed by atoms with Crippen LogP contribution in [-0.4, -0.2) is 14.9 Å². The monoisotopic (exact) mass is 276 g/mol. The molecule has 0 aliphatic heterocycles.